The summed E-state index contributed by atoms with van der Waals surface area (Å²) in [5.41, 5.74) is 0.607. The summed E-state index contributed by atoms with van der Waals surface area (Å²) in [5.74, 6) is 0. The van der Waals surface area contributed by atoms with Gasteiger partial charge in [0.15, 0.2) is 0 Å². The Balaban J connectivity index is 1.70. The van der Waals surface area contributed by atoms with E-state index < -0.39 is 6.10 Å². The van der Waals surface area contributed by atoms with E-state index in [2.05, 4.69) is 10.6 Å². The van der Waals surface area contributed by atoms with Crippen molar-refractivity contribution >= 4 is 6.03 Å². The van der Waals surface area contributed by atoms with Crippen LogP contribution in [0, 0.1) is 0 Å². The standard InChI is InChI=1S/C15H22N2O3/c1-20-15(8-5-9-15)11-17-14(19)16-10-13(18)12-6-3-2-4-7-12/h2-4,6-7,13,18H,5,8-11H2,1H3,(H2,16,17,19). The Bertz CT molecular complexity index is 426. The average Bonchev–Trinajstić information content (AvgIpc) is 2.45. The zero-order valence-electron chi connectivity index (χ0n) is 11.8. The van der Waals surface area contributed by atoms with Gasteiger partial charge in [0.1, 0.15) is 0 Å². The molecule has 1 aliphatic carbocycles. The van der Waals surface area contributed by atoms with Gasteiger partial charge in [0.2, 0.25) is 0 Å². The number of urea groups is 1. The normalized spacial score (nSPS) is 17.9. The van der Waals surface area contributed by atoms with Crippen molar-refractivity contribution in [1.82, 2.24) is 10.6 Å². The van der Waals surface area contributed by atoms with Crippen LogP contribution < -0.4 is 10.6 Å². The summed E-state index contributed by atoms with van der Waals surface area (Å²) in [6.07, 6.45) is 2.42. The van der Waals surface area contributed by atoms with Gasteiger partial charge in [-0.15, -0.1) is 0 Å². The molecule has 0 aliphatic heterocycles. The number of aliphatic hydroxyl groups excluding tert-OH is 1. The van der Waals surface area contributed by atoms with E-state index in [-0.39, 0.29) is 18.2 Å². The van der Waals surface area contributed by atoms with Crippen molar-refractivity contribution in [1.29, 1.82) is 0 Å². The fourth-order valence-corrected chi connectivity index (χ4v) is 2.31. The van der Waals surface area contributed by atoms with Gasteiger partial charge in [0.05, 0.1) is 11.7 Å². The quantitative estimate of drug-likeness (QED) is 0.740. The highest BCUT2D eigenvalue weighted by molar-refractivity contribution is 5.73. The van der Waals surface area contributed by atoms with Crippen LogP contribution in [0.15, 0.2) is 30.3 Å². The maximum Gasteiger partial charge on any atom is 0.314 e. The van der Waals surface area contributed by atoms with Gasteiger partial charge < -0.3 is 20.5 Å². The minimum absolute atomic E-state index is 0.185. The molecule has 5 nitrogen and oxygen atoms in total. The minimum atomic E-state index is -0.693. The van der Waals surface area contributed by atoms with Crippen LogP contribution in [0.1, 0.15) is 30.9 Å². The second-order valence-electron chi connectivity index (χ2n) is 5.23. The van der Waals surface area contributed by atoms with Crippen molar-refractivity contribution in [2.45, 2.75) is 31.0 Å². The van der Waals surface area contributed by atoms with Crippen LogP contribution in [0.3, 0.4) is 0 Å². The van der Waals surface area contributed by atoms with E-state index in [0.717, 1.165) is 24.8 Å². The summed E-state index contributed by atoms with van der Waals surface area (Å²) in [6.45, 7) is 0.701. The van der Waals surface area contributed by atoms with Crippen molar-refractivity contribution < 1.29 is 14.6 Å². The van der Waals surface area contributed by atoms with Gasteiger partial charge in [-0.25, -0.2) is 4.79 Å². The van der Waals surface area contributed by atoms with E-state index in [9.17, 15) is 9.90 Å². The molecule has 2 amide bonds. The topological polar surface area (TPSA) is 70.6 Å². The van der Waals surface area contributed by atoms with Gasteiger partial charge in [-0.05, 0) is 24.8 Å². The molecule has 3 N–H and O–H groups in total. The molecule has 110 valence electrons. The zero-order valence-corrected chi connectivity index (χ0v) is 11.8. The molecule has 1 fully saturated rings. The first-order valence-corrected chi connectivity index (χ1v) is 6.95. The van der Waals surface area contributed by atoms with Gasteiger partial charge in [-0.3, -0.25) is 0 Å². The number of carbonyl (C=O) groups excluding carboxylic acids is 1. The molecule has 0 aromatic heterocycles. The molecule has 1 atom stereocenters. The Morgan fingerprint density at radius 1 is 1.35 bits per heavy atom. The van der Waals surface area contributed by atoms with Gasteiger partial charge in [0, 0.05) is 20.2 Å². The highest BCUT2D eigenvalue weighted by Gasteiger charge is 2.37. The highest BCUT2D eigenvalue weighted by atomic mass is 16.5. The molecule has 1 aliphatic rings. The van der Waals surface area contributed by atoms with E-state index in [1.807, 2.05) is 30.3 Å². The second-order valence-corrected chi connectivity index (χ2v) is 5.23. The molecule has 1 unspecified atom stereocenters. The predicted molar refractivity (Wildman–Crippen MR) is 76.4 cm³/mol. The number of benzene rings is 1. The van der Waals surface area contributed by atoms with Crippen LogP contribution >= 0.6 is 0 Å². The average molecular weight is 278 g/mol. The van der Waals surface area contributed by atoms with E-state index >= 15 is 0 Å². The lowest BCUT2D eigenvalue weighted by Crippen LogP contribution is -2.51. The van der Waals surface area contributed by atoms with E-state index in [1.165, 1.54) is 0 Å². The molecule has 1 aromatic carbocycles. The zero-order chi connectivity index (χ0) is 14.4. The van der Waals surface area contributed by atoms with E-state index in [4.69, 9.17) is 4.74 Å². The van der Waals surface area contributed by atoms with Crippen LogP contribution in [0.2, 0.25) is 0 Å². The third-order valence-corrected chi connectivity index (χ3v) is 3.91. The Labute approximate surface area is 119 Å². The van der Waals surface area contributed by atoms with Gasteiger partial charge in [-0.1, -0.05) is 30.3 Å². The van der Waals surface area contributed by atoms with Crippen molar-refractivity contribution in [3.05, 3.63) is 35.9 Å². The lowest BCUT2D eigenvalue weighted by atomic mass is 9.80. The summed E-state index contributed by atoms with van der Waals surface area (Å²) in [5, 5.41) is 15.4. The van der Waals surface area contributed by atoms with Crippen molar-refractivity contribution in [2.75, 3.05) is 20.2 Å². The van der Waals surface area contributed by atoms with Crippen molar-refractivity contribution in [3.8, 4) is 0 Å². The molecule has 0 saturated heterocycles. The largest absolute Gasteiger partial charge is 0.387 e. The number of ether oxygens (including phenoxy) is 1. The summed E-state index contributed by atoms with van der Waals surface area (Å²) >= 11 is 0. The Morgan fingerprint density at radius 3 is 2.60 bits per heavy atom. The first-order valence-electron chi connectivity index (χ1n) is 6.95. The lowest BCUT2D eigenvalue weighted by molar-refractivity contribution is -0.0674. The van der Waals surface area contributed by atoms with Gasteiger partial charge in [-0.2, -0.15) is 0 Å². The molecule has 0 radical (unpaired) electrons. The second kappa shape index (κ2) is 6.72. The lowest BCUT2D eigenvalue weighted by Gasteiger charge is -2.40. The van der Waals surface area contributed by atoms with Crippen LogP contribution in [-0.2, 0) is 4.74 Å². The smallest absolute Gasteiger partial charge is 0.314 e. The molecule has 5 heteroatoms. The molecule has 1 saturated carbocycles. The van der Waals surface area contributed by atoms with Gasteiger partial charge >= 0.3 is 6.03 Å². The summed E-state index contributed by atoms with van der Waals surface area (Å²) in [6, 6.07) is 8.99. The first kappa shape index (κ1) is 14.8. The molecule has 20 heavy (non-hydrogen) atoms. The maximum atomic E-state index is 11.7. The Kier molecular flexibility index (Phi) is 4.98. The molecule has 1 aromatic rings. The van der Waals surface area contributed by atoms with Crippen LogP contribution in [0.4, 0.5) is 4.79 Å². The highest BCUT2D eigenvalue weighted by Crippen LogP contribution is 2.34. The van der Waals surface area contributed by atoms with Crippen LogP contribution in [0.25, 0.3) is 0 Å². The monoisotopic (exact) mass is 278 g/mol. The number of hydrogen-bond donors (Lipinski definition) is 3. The van der Waals surface area contributed by atoms with Crippen LogP contribution in [-0.4, -0.2) is 36.9 Å². The van der Waals surface area contributed by atoms with Crippen molar-refractivity contribution in [2.24, 2.45) is 0 Å². The van der Waals surface area contributed by atoms with Gasteiger partial charge in [0.25, 0.3) is 0 Å². The molecule has 0 bridgehead atoms. The number of rotatable bonds is 6. The Hall–Kier alpha value is -1.59. The summed E-state index contributed by atoms with van der Waals surface area (Å²) in [7, 11) is 1.68. The predicted octanol–water partition coefficient (Wildman–Crippen LogP) is 1.59. The number of nitrogens with one attached hydrogen (secondary N) is 2. The molecule has 0 heterocycles. The number of amides is 2. The number of carbonyl (C=O) groups is 1. The van der Waals surface area contributed by atoms with Crippen molar-refractivity contribution in [3.63, 3.8) is 0 Å². The fourth-order valence-electron chi connectivity index (χ4n) is 2.31. The molecule has 2 rings (SSSR count). The van der Waals surface area contributed by atoms with E-state index in [0.29, 0.717) is 6.54 Å². The number of aliphatic hydroxyl groups is 1. The summed E-state index contributed by atoms with van der Waals surface area (Å²) < 4.78 is 5.43. The molecular formula is C15H22N2O3. The molecule has 0 spiro atoms. The summed E-state index contributed by atoms with van der Waals surface area (Å²) in [4.78, 5) is 11.7. The first-order chi connectivity index (χ1) is 9.65. The third kappa shape index (κ3) is 3.71. The third-order valence-electron chi connectivity index (χ3n) is 3.91. The SMILES string of the molecule is COC1(CNC(=O)NCC(O)c2ccccc2)CCC1. The maximum absolute atomic E-state index is 11.7. The van der Waals surface area contributed by atoms with Crippen LogP contribution in [0.5, 0.6) is 0 Å². The Morgan fingerprint density at radius 2 is 2.05 bits per heavy atom. The number of hydrogen-bond acceptors (Lipinski definition) is 3. The number of methoxy groups -OCH3 is 1. The van der Waals surface area contributed by atoms with E-state index in [1.54, 1.807) is 7.11 Å². The minimum Gasteiger partial charge on any atom is -0.387 e. The fraction of sp³-hybridized carbons (Fsp3) is 0.533. The molecular weight excluding hydrogens is 256 g/mol.